The first-order chi connectivity index (χ1) is 13.1. The van der Waals surface area contributed by atoms with Gasteiger partial charge in [0.25, 0.3) is 5.91 Å². The van der Waals surface area contributed by atoms with E-state index in [1.54, 1.807) is 38.6 Å². The van der Waals surface area contributed by atoms with E-state index >= 15 is 0 Å². The Kier molecular flexibility index (Phi) is 6.22. The highest BCUT2D eigenvalue weighted by atomic mass is 127. The van der Waals surface area contributed by atoms with Crippen LogP contribution in [-0.2, 0) is 4.79 Å². The molecule has 1 aliphatic rings. The van der Waals surface area contributed by atoms with E-state index in [9.17, 15) is 4.79 Å². The van der Waals surface area contributed by atoms with E-state index in [0.29, 0.717) is 23.0 Å². The lowest BCUT2D eigenvalue weighted by atomic mass is 10.2. The molecule has 0 atom stereocenters. The Morgan fingerprint density at radius 3 is 2.81 bits per heavy atom. The fourth-order valence-corrected chi connectivity index (χ4v) is 3.27. The molecule has 8 nitrogen and oxygen atoms in total. The first kappa shape index (κ1) is 19.1. The van der Waals surface area contributed by atoms with Crippen LogP contribution in [0.5, 0.6) is 23.0 Å². The van der Waals surface area contributed by atoms with Gasteiger partial charge in [0.15, 0.2) is 23.0 Å². The van der Waals surface area contributed by atoms with Crippen LogP contribution in [0.3, 0.4) is 0 Å². The highest BCUT2D eigenvalue weighted by Crippen LogP contribution is 2.34. The monoisotopic (exact) mass is 483 g/mol. The first-order valence-electron chi connectivity index (χ1n) is 7.97. The summed E-state index contributed by atoms with van der Waals surface area (Å²) >= 11 is 2.15. The number of halogens is 1. The zero-order chi connectivity index (χ0) is 19.2. The number of hydrogen-bond acceptors (Lipinski definition) is 7. The molecule has 0 unspecified atom stereocenters. The summed E-state index contributed by atoms with van der Waals surface area (Å²) in [6.07, 6.45) is 1.54. The predicted octanol–water partition coefficient (Wildman–Crippen LogP) is 2.60. The Morgan fingerprint density at radius 2 is 2.04 bits per heavy atom. The lowest BCUT2D eigenvalue weighted by Crippen LogP contribution is -2.25. The van der Waals surface area contributed by atoms with Gasteiger partial charge in [-0.3, -0.25) is 4.79 Å². The van der Waals surface area contributed by atoms with Crippen LogP contribution in [0.1, 0.15) is 5.56 Å². The molecule has 0 spiro atoms. The van der Waals surface area contributed by atoms with Crippen molar-refractivity contribution in [1.82, 2.24) is 5.43 Å². The molecule has 27 heavy (non-hydrogen) atoms. The molecular weight excluding hydrogens is 465 g/mol. The number of fused-ring (bicyclic) bond motifs is 1. The second-order valence-electron chi connectivity index (χ2n) is 5.45. The maximum atomic E-state index is 11.9. The minimum atomic E-state index is -0.279. The fourth-order valence-electron chi connectivity index (χ4n) is 2.42. The molecule has 1 amide bonds. The Bertz CT molecular complexity index is 872. The first-order valence-corrected chi connectivity index (χ1v) is 9.05. The zero-order valence-corrected chi connectivity index (χ0v) is 16.9. The number of ether oxygens (including phenoxy) is 4. The molecule has 1 heterocycles. The molecule has 1 aliphatic heterocycles. The lowest BCUT2D eigenvalue weighted by Gasteiger charge is -2.10. The van der Waals surface area contributed by atoms with Crippen molar-refractivity contribution in [3.05, 3.63) is 39.5 Å². The van der Waals surface area contributed by atoms with E-state index < -0.39 is 0 Å². The van der Waals surface area contributed by atoms with E-state index in [-0.39, 0.29) is 19.2 Å². The zero-order valence-electron chi connectivity index (χ0n) is 14.7. The number of amides is 1. The van der Waals surface area contributed by atoms with Gasteiger partial charge in [-0.15, -0.1) is 0 Å². The maximum absolute atomic E-state index is 11.9. The summed E-state index contributed by atoms with van der Waals surface area (Å²) in [6, 6.07) is 9.05. The highest BCUT2D eigenvalue weighted by Gasteiger charge is 2.13. The van der Waals surface area contributed by atoms with Gasteiger partial charge in [-0.05, 0) is 52.4 Å². The summed E-state index contributed by atoms with van der Waals surface area (Å²) in [5, 5.41) is 6.98. The smallest absolute Gasteiger partial charge is 0.259 e. The van der Waals surface area contributed by atoms with Crippen LogP contribution in [-0.4, -0.2) is 39.7 Å². The van der Waals surface area contributed by atoms with Gasteiger partial charge in [-0.1, -0.05) is 0 Å². The number of benzene rings is 2. The van der Waals surface area contributed by atoms with Crippen molar-refractivity contribution in [3.63, 3.8) is 0 Å². The van der Waals surface area contributed by atoms with Gasteiger partial charge in [0, 0.05) is 11.8 Å². The molecule has 2 aromatic carbocycles. The quantitative estimate of drug-likeness (QED) is 0.358. The number of hydrazone groups is 1. The third kappa shape index (κ3) is 4.73. The summed E-state index contributed by atoms with van der Waals surface area (Å²) in [4.78, 5) is 11.9. The van der Waals surface area contributed by atoms with Crippen molar-refractivity contribution < 1.29 is 23.7 Å². The average molecular weight is 483 g/mol. The molecule has 0 fully saturated rings. The van der Waals surface area contributed by atoms with Gasteiger partial charge in [0.05, 0.1) is 30.5 Å². The molecule has 0 aliphatic carbocycles. The molecule has 0 aromatic heterocycles. The molecule has 0 radical (unpaired) electrons. The van der Waals surface area contributed by atoms with Crippen LogP contribution < -0.4 is 29.7 Å². The summed E-state index contributed by atoms with van der Waals surface area (Å²) in [7, 11) is 3.15. The number of methoxy groups -OCH3 is 2. The molecule has 142 valence electrons. The normalized spacial score (nSPS) is 12.1. The van der Waals surface area contributed by atoms with Gasteiger partial charge in [0.2, 0.25) is 6.79 Å². The molecule has 2 N–H and O–H groups in total. The van der Waals surface area contributed by atoms with Gasteiger partial charge in [-0.2, -0.15) is 5.10 Å². The number of nitrogens with zero attached hydrogens (tertiary/aromatic N) is 1. The van der Waals surface area contributed by atoms with E-state index in [0.717, 1.165) is 14.8 Å². The van der Waals surface area contributed by atoms with Crippen molar-refractivity contribution in [3.8, 4) is 23.0 Å². The van der Waals surface area contributed by atoms with Crippen molar-refractivity contribution in [2.75, 3.05) is 32.9 Å². The number of anilines is 1. The number of rotatable bonds is 7. The molecule has 0 bridgehead atoms. The van der Waals surface area contributed by atoms with Crippen LogP contribution in [0.2, 0.25) is 0 Å². The third-order valence-corrected chi connectivity index (χ3v) is 4.49. The molecular formula is C18H18IN3O5. The summed E-state index contributed by atoms with van der Waals surface area (Å²) in [6.45, 7) is 0.281. The average Bonchev–Trinajstić information content (AvgIpc) is 3.13. The Morgan fingerprint density at radius 1 is 1.22 bits per heavy atom. The Labute approximate surface area is 170 Å². The predicted molar refractivity (Wildman–Crippen MR) is 109 cm³/mol. The van der Waals surface area contributed by atoms with Crippen molar-refractivity contribution >= 4 is 40.4 Å². The molecule has 0 saturated heterocycles. The van der Waals surface area contributed by atoms with Crippen LogP contribution in [0.25, 0.3) is 0 Å². The van der Waals surface area contributed by atoms with E-state index in [1.165, 1.54) is 0 Å². The minimum Gasteiger partial charge on any atom is -0.493 e. The van der Waals surface area contributed by atoms with Gasteiger partial charge in [-0.25, -0.2) is 5.43 Å². The standard InChI is InChI=1S/C18H18IN3O5/c1-24-16-6-11(5-13(19)18(16)25-2)8-21-22-17(23)9-20-12-3-4-14-15(7-12)27-10-26-14/h3-8,20H,9-10H2,1-2H3,(H,22,23)/b21-8+. The molecule has 0 saturated carbocycles. The molecule has 2 aromatic rings. The Balaban J connectivity index is 1.54. The van der Waals surface area contributed by atoms with E-state index in [1.807, 2.05) is 12.1 Å². The Hall–Kier alpha value is -2.69. The number of carbonyl (C=O) groups is 1. The third-order valence-electron chi connectivity index (χ3n) is 3.68. The van der Waals surface area contributed by atoms with E-state index in [4.69, 9.17) is 18.9 Å². The summed E-state index contributed by atoms with van der Waals surface area (Å²) < 4.78 is 22.0. The van der Waals surface area contributed by atoms with Crippen molar-refractivity contribution in [2.24, 2.45) is 5.10 Å². The van der Waals surface area contributed by atoms with Crippen LogP contribution in [0.15, 0.2) is 35.4 Å². The second kappa shape index (κ2) is 8.80. The maximum Gasteiger partial charge on any atom is 0.259 e. The topological polar surface area (TPSA) is 90.4 Å². The van der Waals surface area contributed by atoms with Crippen molar-refractivity contribution in [2.45, 2.75) is 0 Å². The largest absolute Gasteiger partial charge is 0.493 e. The van der Waals surface area contributed by atoms with Gasteiger partial charge >= 0.3 is 0 Å². The van der Waals surface area contributed by atoms with Gasteiger partial charge < -0.3 is 24.3 Å². The summed E-state index contributed by atoms with van der Waals surface area (Å²) in [5.74, 6) is 2.33. The second-order valence-corrected chi connectivity index (χ2v) is 6.62. The number of carbonyl (C=O) groups excluding carboxylic acids is 1. The molecule has 9 heteroatoms. The fraction of sp³-hybridized carbons (Fsp3) is 0.222. The van der Waals surface area contributed by atoms with Crippen LogP contribution >= 0.6 is 22.6 Å². The van der Waals surface area contributed by atoms with Gasteiger partial charge in [0.1, 0.15) is 0 Å². The van der Waals surface area contributed by atoms with E-state index in [2.05, 4.69) is 38.4 Å². The van der Waals surface area contributed by atoms with Crippen LogP contribution in [0.4, 0.5) is 5.69 Å². The molecule has 3 rings (SSSR count). The minimum absolute atomic E-state index is 0.0699. The van der Waals surface area contributed by atoms with Crippen LogP contribution in [0, 0.1) is 3.57 Å². The number of hydrogen-bond donors (Lipinski definition) is 2. The number of nitrogens with one attached hydrogen (secondary N) is 2. The SMILES string of the molecule is COc1cc(/C=N/NC(=O)CNc2ccc3c(c2)OCO3)cc(I)c1OC. The van der Waals surface area contributed by atoms with Crippen molar-refractivity contribution in [1.29, 1.82) is 0 Å². The highest BCUT2D eigenvalue weighted by molar-refractivity contribution is 14.1. The summed E-state index contributed by atoms with van der Waals surface area (Å²) in [5.41, 5.74) is 4.01. The lowest BCUT2D eigenvalue weighted by molar-refractivity contribution is -0.119.